The molecule has 4 heterocycles. The molecule has 0 spiro atoms. The summed E-state index contributed by atoms with van der Waals surface area (Å²) < 4.78 is 1.63. The van der Waals surface area contributed by atoms with Crippen molar-refractivity contribution in [3.05, 3.63) is 47.3 Å². The zero-order chi connectivity index (χ0) is 20.1. The van der Waals surface area contributed by atoms with E-state index in [1.54, 1.807) is 29.2 Å². The molecule has 3 aromatic rings. The van der Waals surface area contributed by atoms with Gasteiger partial charge in [-0.3, -0.25) is 24.8 Å². The maximum Gasteiger partial charge on any atom is 0.255 e. The molecular weight excluding hydrogens is 374 g/mol. The number of nitrogens with one attached hydrogen (secondary N) is 2. The van der Waals surface area contributed by atoms with Crippen molar-refractivity contribution in [1.29, 1.82) is 0 Å². The molecule has 0 bridgehead atoms. The van der Waals surface area contributed by atoms with Gasteiger partial charge < -0.3 is 4.90 Å². The van der Waals surface area contributed by atoms with E-state index in [0.717, 1.165) is 22.5 Å². The predicted octanol–water partition coefficient (Wildman–Crippen LogP) is 0.727. The number of amides is 3. The van der Waals surface area contributed by atoms with Gasteiger partial charge in [0.05, 0.1) is 23.8 Å². The van der Waals surface area contributed by atoms with Crippen LogP contribution in [0.1, 0.15) is 34.3 Å². The normalized spacial score (nSPS) is 18.9. The number of nitrogens with zero attached hydrogens (tertiary/aromatic N) is 5. The van der Waals surface area contributed by atoms with E-state index in [0.29, 0.717) is 24.2 Å². The molecular formula is C19H17N7O3. The summed E-state index contributed by atoms with van der Waals surface area (Å²) in [5, 5.41) is 17.6. The Morgan fingerprint density at radius 3 is 2.83 bits per heavy atom. The molecule has 10 nitrogen and oxygen atoms in total. The van der Waals surface area contributed by atoms with Crippen LogP contribution in [0.4, 0.5) is 0 Å². The van der Waals surface area contributed by atoms with E-state index in [9.17, 15) is 14.4 Å². The first kappa shape index (κ1) is 17.3. The van der Waals surface area contributed by atoms with Gasteiger partial charge in [-0.1, -0.05) is 5.21 Å². The summed E-state index contributed by atoms with van der Waals surface area (Å²) in [7, 11) is 0. The first-order valence-corrected chi connectivity index (χ1v) is 9.22. The third-order valence-electron chi connectivity index (χ3n) is 5.35. The van der Waals surface area contributed by atoms with Gasteiger partial charge in [0.25, 0.3) is 5.91 Å². The highest BCUT2D eigenvalue weighted by molar-refractivity contribution is 6.05. The molecule has 29 heavy (non-hydrogen) atoms. The molecule has 5 rings (SSSR count). The fourth-order valence-electron chi connectivity index (χ4n) is 3.81. The number of aromatic amines is 1. The molecule has 10 heteroatoms. The minimum Gasteiger partial charge on any atom is -0.322 e. The first-order valence-electron chi connectivity index (χ1n) is 9.22. The van der Waals surface area contributed by atoms with E-state index in [-0.39, 0.29) is 18.2 Å². The lowest BCUT2D eigenvalue weighted by Crippen LogP contribution is -2.52. The molecule has 1 aromatic carbocycles. The topological polar surface area (TPSA) is 126 Å². The smallest absolute Gasteiger partial charge is 0.255 e. The van der Waals surface area contributed by atoms with Crippen LogP contribution in [0, 0.1) is 6.92 Å². The summed E-state index contributed by atoms with van der Waals surface area (Å²) in [6, 6.07) is 4.78. The number of carbonyl (C=O) groups is 3. The second kappa shape index (κ2) is 6.36. The zero-order valence-corrected chi connectivity index (χ0v) is 15.5. The van der Waals surface area contributed by atoms with Crippen molar-refractivity contribution in [3.63, 3.8) is 0 Å². The van der Waals surface area contributed by atoms with Crippen molar-refractivity contribution < 1.29 is 14.4 Å². The third-order valence-corrected chi connectivity index (χ3v) is 5.35. The first-order chi connectivity index (χ1) is 14.0. The monoisotopic (exact) mass is 391 g/mol. The van der Waals surface area contributed by atoms with Crippen LogP contribution in [0.2, 0.25) is 0 Å². The van der Waals surface area contributed by atoms with Crippen molar-refractivity contribution in [2.24, 2.45) is 0 Å². The quantitative estimate of drug-likeness (QED) is 0.634. The number of rotatable bonds is 3. The summed E-state index contributed by atoms with van der Waals surface area (Å²) in [6.45, 7) is 2.25. The molecule has 1 unspecified atom stereocenters. The summed E-state index contributed by atoms with van der Waals surface area (Å²) in [4.78, 5) is 37.9. The molecule has 2 N–H and O–H groups in total. The zero-order valence-electron chi connectivity index (χ0n) is 15.5. The number of H-pyrrole nitrogens is 1. The maximum absolute atomic E-state index is 12.8. The number of piperidine rings is 1. The van der Waals surface area contributed by atoms with E-state index in [1.807, 2.05) is 13.0 Å². The molecule has 2 aliphatic rings. The predicted molar refractivity (Wildman–Crippen MR) is 99.7 cm³/mol. The highest BCUT2D eigenvalue weighted by atomic mass is 16.2. The van der Waals surface area contributed by atoms with Gasteiger partial charge in [0.2, 0.25) is 11.8 Å². The molecule has 0 aliphatic carbocycles. The average molecular weight is 391 g/mol. The second-order valence-corrected chi connectivity index (χ2v) is 7.22. The Morgan fingerprint density at radius 2 is 2.07 bits per heavy atom. The van der Waals surface area contributed by atoms with Crippen LogP contribution in [-0.2, 0) is 16.1 Å². The van der Waals surface area contributed by atoms with Gasteiger partial charge in [-0.2, -0.15) is 5.10 Å². The highest BCUT2D eigenvalue weighted by Gasteiger charge is 2.39. The number of benzene rings is 1. The molecule has 1 atom stereocenters. The number of imide groups is 1. The number of aryl methyl sites for hydroxylation is 1. The van der Waals surface area contributed by atoms with Gasteiger partial charge in [0.1, 0.15) is 11.7 Å². The van der Waals surface area contributed by atoms with E-state index >= 15 is 0 Å². The third kappa shape index (κ3) is 2.80. The van der Waals surface area contributed by atoms with Crippen molar-refractivity contribution in [2.75, 3.05) is 0 Å². The molecule has 0 saturated carbocycles. The molecule has 2 aromatic heterocycles. The van der Waals surface area contributed by atoms with Gasteiger partial charge in [0, 0.05) is 18.5 Å². The van der Waals surface area contributed by atoms with Crippen LogP contribution >= 0.6 is 0 Å². The second-order valence-electron chi connectivity index (χ2n) is 7.22. The summed E-state index contributed by atoms with van der Waals surface area (Å²) >= 11 is 0. The van der Waals surface area contributed by atoms with Crippen LogP contribution in [0.5, 0.6) is 0 Å². The Bertz CT molecular complexity index is 1160. The van der Waals surface area contributed by atoms with Crippen molar-refractivity contribution >= 4 is 17.7 Å². The SMILES string of the molecule is Cc1cn[nH]c1-c1cn(-c2ccc3c(c2)CN(C2CCC(=O)NC2=O)C3=O)nn1. The Balaban J connectivity index is 1.42. The van der Waals surface area contributed by atoms with Crippen LogP contribution in [-0.4, -0.2) is 53.9 Å². The highest BCUT2D eigenvalue weighted by Crippen LogP contribution is 2.29. The number of fused-ring (bicyclic) bond motifs is 1. The molecule has 2 aliphatic heterocycles. The molecule has 3 amide bonds. The van der Waals surface area contributed by atoms with Crippen molar-refractivity contribution in [2.45, 2.75) is 32.4 Å². The Labute approximate surface area is 164 Å². The lowest BCUT2D eigenvalue weighted by Gasteiger charge is -2.29. The Kier molecular flexibility index (Phi) is 3.79. The Morgan fingerprint density at radius 1 is 1.21 bits per heavy atom. The number of hydrogen-bond donors (Lipinski definition) is 2. The van der Waals surface area contributed by atoms with Gasteiger partial charge in [-0.15, -0.1) is 5.10 Å². The summed E-state index contributed by atoms with van der Waals surface area (Å²) in [5.41, 5.74) is 4.57. The minimum absolute atomic E-state index is 0.201. The fraction of sp³-hybridized carbons (Fsp3) is 0.263. The van der Waals surface area contributed by atoms with Crippen LogP contribution in [0.3, 0.4) is 0 Å². The Hall–Kier alpha value is -3.82. The largest absolute Gasteiger partial charge is 0.322 e. The van der Waals surface area contributed by atoms with E-state index in [2.05, 4.69) is 25.8 Å². The van der Waals surface area contributed by atoms with Crippen LogP contribution in [0.15, 0.2) is 30.6 Å². The number of aromatic nitrogens is 5. The lowest BCUT2D eigenvalue weighted by molar-refractivity contribution is -0.136. The van der Waals surface area contributed by atoms with Crippen molar-refractivity contribution in [1.82, 2.24) is 35.4 Å². The molecule has 1 saturated heterocycles. The number of hydrogen-bond acceptors (Lipinski definition) is 6. The summed E-state index contributed by atoms with van der Waals surface area (Å²) in [5.74, 6) is -0.918. The van der Waals surface area contributed by atoms with Gasteiger partial charge in [0.15, 0.2) is 0 Å². The van der Waals surface area contributed by atoms with Crippen LogP contribution in [0.25, 0.3) is 17.1 Å². The molecule has 146 valence electrons. The maximum atomic E-state index is 12.8. The lowest BCUT2D eigenvalue weighted by atomic mass is 10.0. The standard InChI is InChI=1S/C19H17N7O3/c1-10-7-20-23-17(10)14-9-26(24-22-14)12-2-3-13-11(6-12)8-25(19(13)29)15-4-5-16(27)21-18(15)28/h2-3,6-7,9,15H,4-5,8H2,1H3,(H,20,23)(H,21,27,28). The fourth-order valence-corrected chi connectivity index (χ4v) is 3.81. The van der Waals surface area contributed by atoms with Crippen LogP contribution < -0.4 is 5.32 Å². The van der Waals surface area contributed by atoms with Gasteiger partial charge >= 0.3 is 0 Å². The average Bonchev–Trinajstić information content (AvgIpc) is 3.41. The molecule has 1 fully saturated rings. The van der Waals surface area contributed by atoms with E-state index in [1.165, 1.54) is 4.90 Å². The number of carbonyl (C=O) groups excluding carboxylic acids is 3. The van der Waals surface area contributed by atoms with Gasteiger partial charge in [-0.25, -0.2) is 4.68 Å². The van der Waals surface area contributed by atoms with Gasteiger partial charge in [-0.05, 0) is 42.7 Å². The minimum atomic E-state index is -0.627. The van der Waals surface area contributed by atoms with E-state index < -0.39 is 11.9 Å². The molecule has 0 radical (unpaired) electrons. The summed E-state index contributed by atoms with van der Waals surface area (Å²) in [6.07, 6.45) is 4.08. The van der Waals surface area contributed by atoms with E-state index in [4.69, 9.17) is 0 Å². The van der Waals surface area contributed by atoms with Crippen molar-refractivity contribution in [3.8, 4) is 17.1 Å².